The molecule has 0 heterocycles. The van der Waals surface area contributed by atoms with Crippen molar-refractivity contribution in [3.05, 3.63) is 74.8 Å². The van der Waals surface area contributed by atoms with Crippen LogP contribution in [-0.4, -0.2) is 29.4 Å². The number of halogens is 1. The van der Waals surface area contributed by atoms with E-state index in [1.54, 1.807) is 0 Å². The van der Waals surface area contributed by atoms with E-state index in [-0.39, 0.29) is 22.2 Å². The number of nitrogens with one attached hydrogen (secondary N) is 1. The van der Waals surface area contributed by atoms with Gasteiger partial charge in [0.15, 0.2) is 6.10 Å². The maximum atomic E-state index is 12.3. The second-order valence-electron chi connectivity index (χ2n) is 6.23. The van der Waals surface area contributed by atoms with E-state index in [0.29, 0.717) is 6.54 Å². The average molecular weight is 405 g/mol. The summed E-state index contributed by atoms with van der Waals surface area (Å²) in [4.78, 5) is 34.8. The van der Waals surface area contributed by atoms with Crippen molar-refractivity contribution in [3.63, 3.8) is 0 Å². The fourth-order valence-electron chi connectivity index (χ4n) is 2.65. The van der Waals surface area contributed by atoms with Crippen molar-refractivity contribution in [2.45, 2.75) is 32.3 Å². The van der Waals surface area contributed by atoms with Crippen LogP contribution in [0.4, 0.5) is 5.69 Å². The molecule has 2 aromatic carbocycles. The van der Waals surface area contributed by atoms with Crippen molar-refractivity contribution < 1.29 is 19.2 Å². The lowest BCUT2D eigenvalue weighted by molar-refractivity contribution is -0.384. The highest BCUT2D eigenvalue weighted by Gasteiger charge is 2.23. The molecule has 2 rings (SSSR count). The van der Waals surface area contributed by atoms with Crippen LogP contribution in [0.5, 0.6) is 0 Å². The number of nitrogens with zero attached hydrogens (tertiary/aromatic N) is 1. The molecule has 7 nitrogen and oxygen atoms in total. The van der Waals surface area contributed by atoms with Crippen molar-refractivity contribution in [2.24, 2.45) is 0 Å². The van der Waals surface area contributed by atoms with Crippen LogP contribution in [0.2, 0.25) is 5.02 Å². The van der Waals surface area contributed by atoms with Crippen LogP contribution in [-0.2, 0) is 9.53 Å². The Morgan fingerprint density at radius 2 is 1.89 bits per heavy atom. The van der Waals surface area contributed by atoms with Gasteiger partial charge in [-0.15, -0.1) is 0 Å². The number of benzene rings is 2. The molecule has 2 atom stereocenters. The number of nitro benzene ring substituents is 1. The van der Waals surface area contributed by atoms with Gasteiger partial charge in [-0.05, 0) is 25.0 Å². The number of non-ortho nitro benzene ring substituents is 1. The summed E-state index contributed by atoms with van der Waals surface area (Å²) in [6.45, 7) is 3.86. The van der Waals surface area contributed by atoms with Crippen molar-refractivity contribution in [1.29, 1.82) is 0 Å². The molecule has 0 unspecified atom stereocenters. The Labute approximate surface area is 167 Å². The Kier molecular flexibility index (Phi) is 7.52. The van der Waals surface area contributed by atoms with E-state index >= 15 is 0 Å². The average Bonchev–Trinajstić information content (AvgIpc) is 2.69. The minimum Gasteiger partial charge on any atom is -0.449 e. The molecular weight excluding hydrogens is 384 g/mol. The number of hydrogen-bond donors (Lipinski definition) is 1. The third-order valence-corrected chi connectivity index (χ3v) is 4.65. The molecule has 0 radical (unpaired) electrons. The first-order valence-corrected chi connectivity index (χ1v) is 9.18. The van der Waals surface area contributed by atoms with Gasteiger partial charge in [-0.25, -0.2) is 4.79 Å². The first-order valence-electron chi connectivity index (χ1n) is 8.81. The van der Waals surface area contributed by atoms with E-state index in [1.807, 2.05) is 37.3 Å². The van der Waals surface area contributed by atoms with E-state index < -0.39 is 22.9 Å². The van der Waals surface area contributed by atoms with Crippen molar-refractivity contribution in [1.82, 2.24) is 5.32 Å². The molecule has 1 amide bonds. The second kappa shape index (κ2) is 9.85. The summed E-state index contributed by atoms with van der Waals surface area (Å²) in [7, 11) is 0. The summed E-state index contributed by atoms with van der Waals surface area (Å²) in [6.07, 6.45) is -0.238. The molecule has 0 fully saturated rings. The Hall–Kier alpha value is -2.93. The van der Waals surface area contributed by atoms with Crippen LogP contribution in [0, 0.1) is 10.1 Å². The van der Waals surface area contributed by atoms with Gasteiger partial charge in [0.25, 0.3) is 11.6 Å². The topological polar surface area (TPSA) is 98.5 Å². The fourth-order valence-corrected chi connectivity index (χ4v) is 2.85. The zero-order valence-corrected chi connectivity index (χ0v) is 16.3. The molecule has 1 N–H and O–H groups in total. The molecule has 0 saturated carbocycles. The van der Waals surface area contributed by atoms with Gasteiger partial charge in [0, 0.05) is 24.6 Å². The third kappa shape index (κ3) is 5.53. The molecule has 0 bridgehead atoms. The number of carbonyl (C=O) groups is 2. The van der Waals surface area contributed by atoms with Crippen molar-refractivity contribution >= 4 is 29.2 Å². The minimum absolute atomic E-state index is 0.0123. The van der Waals surface area contributed by atoms with Crippen LogP contribution < -0.4 is 5.32 Å². The maximum absolute atomic E-state index is 12.3. The molecule has 0 aliphatic rings. The van der Waals surface area contributed by atoms with E-state index in [4.69, 9.17) is 16.3 Å². The number of hydrogen-bond acceptors (Lipinski definition) is 5. The monoisotopic (exact) mass is 404 g/mol. The second-order valence-corrected chi connectivity index (χ2v) is 6.64. The zero-order chi connectivity index (χ0) is 20.7. The van der Waals surface area contributed by atoms with Gasteiger partial charge in [0.2, 0.25) is 0 Å². The smallest absolute Gasteiger partial charge is 0.340 e. The number of esters is 1. The number of rotatable bonds is 8. The summed E-state index contributed by atoms with van der Waals surface area (Å²) < 4.78 is 5.13. The molecule has 0 saturated heterocycles. The van der Waals surface area contributed by atoms with E-state index in [2.05, 4.69) is 5.32 Å². The summed E-state index contributed by atoms with van der Waals surface area (Å²) in [5.41, 5.74) is 0.659. The van der Waals surface area contributed by atoms with Gasteiger partial charge in [0.05, 0.1) is 15.5 Å². The Bertz CT molecular complexity index is 857. The molecule has 8 heteroatoms. The summed E-state index contributed by atoms with van der Waals surface area (Å²) in [6, 6.07) is 13.2. The first kappa shape index (κ1) is 21.4. The summed E-state index contributed by atoms with van der Waals surface area (Å²) >= 11 is 5.92. The number of amides is 1. The highest BCUT2D eigenvalue weighted by molar-refractivity contribution is 6.33. The van der Waals surface area contributed by atoms with Crippen molar-refractivity contribution in [2.75, 3.05) is 6.54 Å². The number of carbonyl (C=O) groups excluding carboxylic acids is 2. The van der Waals surface area contributed by atoms with Crippen LogP contribution in [0.25, 0.3) is 0 Å². The molecule has 2 aromatic rings. The predicted octanol–water partition coefficient (Wildman–Crippen LogP) is 4.10. The fraction of sp³-hybridized carbons (Fsp3) is 0.300. The Balaban J connectivity index is 1.97. The van der Waals surface area contributed by atoms with Crippen LogP contribution in [0.15, 0.2) is 48.5 Å². The zero-order valence-electron chi connectivity index (χ0n) is 15.6. The summed E-state index contributed by atoms with van der Waals surface area (Å²) in [5.74, 6) is -1.21. The quantitative estimate of drug-likeness (QED) is 0.405. The third-order valence-electron chi connectivity index (χ3n) is 4.32. The highest BCUT2D eigenvalue weighted by Crippen LogP contribution is 2.23. The van der Waals surface area contributed by atoms with Gasteiger partial charge < -0.3 is 10.1 Å². The number of nitro groups is 1. The lowest BCUT2D eigenvalue weighted by atomic mass is 9.96. The molecular formula is C20H21ClN2O5. The number of ether oxygens (including phenoxy) is 1. The Morgan fingerprint density at radius 1 is 1.21 bits per heavy atom. The van der Waals surface area contributed by atoms with Gasteiger partial charge in [-0.3, -0.25) is 14.9 Å². The lowest BCUT2D eigenvalue weighted by Gasteiger charge is -2.18. The molecule has 0 spiro atoms. The molecule has 0 aromatic heterocycles. The largest absolute Gasteiger partial charge is 0.449 e. The van der Waals surface area contributed by atoms with Crippen LogP contribution >= 0.6 is 11.6 Å². The standard InChI is InChI=1S/C20H21ClN2O5/c1-3-14(15-7-5-4-6-8-15)12-22-19(24)13(2)28-20(25)17-11-16(23(26)27)9-10-18(17)21/h4-11,13-14H,3,12H2,1-2H3,(H,22,24)/t13-,14+/m1/s1. The normalized spacial score (nSPS) is 12.7. The highest BCUT2D eigenvalue weighted by atomic mass is 35.5. The van der Waals surface area contributed by atoms with Crippen molar-refractivity contribution in [3.8, 4) is 0 Å². The van der Waals surface area contributed by atoms with E-state index in [9.17, 15) is 19.7 Å². The molecule has 148 valence electrons. The predicted molar refractivity (Wildman–Crippen MR) is 105 cm³/mol. The summed E-state index contributed by atoms with van der Waals surface area (Å²) in [5, 5.41) is 13.6. The van der Waals surface area contributed by atoms with Gasteiger partial charge in [-0.2, -0.15) is 0 Å². The van der Waals surface area contributed by atoms with Gasteiger partial charge in [0.1, 0.15) is 0 Å². The Morgan fingerprint density at radius 3 is 2.50 bits per heavy atom. The molecule has 28 heavy (non-hydrogen) atoms. The minimum atomic E-state index is -1.07. The first-order chi connectivity index (χ1) is 13.3. The maximum Gasteiger partial charge on any atom is 0.340 e. The van der Waals surface area contributed by atoms with E-state index in [0.717, 1.165) is 18.1 Å². The van der Waals surface area contributed by atoms with Gasteiger partial charge in [-0.1, -0.05) is 48.9 Å². The SMILES string of the molecule is CC[C@@H](CNC(=O)[C@@H](C)OC(=O)c1cc([N+](=O)[O-])ccc1Cl)c1ccccc1. The lowest BCUT2D eigenvalue weighted by Crippen LogP contribution is -2.38. The van der Waals surface area contributed by atoms with Crippen LogP contribution in [0.1, 0.15) is 42.1 Å². The van der Waals surface area contributed by atoms with Crippen LogP contribution in [0.3, 0.4) is 0 Å². The molecule has 0 aliphatic carbocycles. The van der Waals surface area contributed by atoms with E-state index in [1.165, 1.54) is 19.1 Å². The van der Waals surface area contributed by atoms with Gasteiger partial charge >= 0.3 is 5.97 Å². The molecule has 0 aliphatic heterocycles.